The zero-order valence-electron chi connectivity index (χ0n) is 19.8. The summed E-state index contributed by atoms with van der Waals surface area (Å²) in [7, 11) is -3.82. The third-order valence-electron chi connectivity index (χ3n) is 8.59. The number of carbonyl (C=O) groups excluding carboxylic acids is 1. The van der Waals surface area contributed by atoms with Gasteiger partial charge < -0.3 is 10.5 Å². The normalized spacial score (nSPS) is 19.6. The molecule has 1 amide bonds. The smallest absolute Gasteiger partial charge is 0.249 e. The van der Waals surface area contributed by atoms with Crippen LogP contribution in [0.1, 0.15) is 28.4 Å². The Bertz CT molecular complexity index is 1180. The van der Waals surface area contributed by atoms with Gasteiger partial charge in [0.15, 0.2) is 0 Å². The molecule has 3 nitrogen and oxygen atoms in total. The molecule has 0 fully saturated rings. The van der Waals surface area contributed by atoms with Crippen molar-refractivity contribution in [3.05, 3.63) is 46.3 Å². The number of ether oxygens (including phenoxy) is 1. The number of methoxy groups -OCH3 is 1. The van der Waals surface area contributed by atoms with Crippen LogP contribution >= 0.6 is 0 Å². The van der Waals surface area contributed by atoms with Gasteiger partial charge in [0, 0.05) is 12.7 Å². The Morgan fingerprint density at radius 3 is 2.32 bits per heavy atom. The van der Waals surface area contributed by atoms with Crippen LogP contribution in [0.4, 0.5) is 4.39 Å². The van der Waals surface area contributed by atoms with E-state index in [1.54, 1.807) is 7.11 Å². The number of halogens is 1. The predicted octanol–water partition coefficient (Wildman–Crippen LogP) is 4.27. The standard InChI is InChI=1S/C24H32FNO2Si3/c1-14-11-16-15(9-10-19(25)17(16)12-14)21-18(24(26)27)13-20-22(28-2)23(21)30(5,6)31(7,8)29(20,3)4/h9-11,13H,12H2,1-8H3,(H2,26,27). The third kappa shape index (κ3) is 2.76. The van der Waals surface area contributed by atoms with Crippen molar-refractivity contribution in [1.29, 1.82) is 0 Å². The number of nitrogens with two attached hydrogens (primary N) is 1. The molecule has 1 aliphatic carbocycles. The average molecular weight is 470 g/mol. The van der Waals surface area contributed by atoms with Crippen LogP contribution in [0.25, 0.3) is 17.2 Å². The van der Waals surface area contributed by atoms with Gasteiger partial charge in [0.05, 0.1) is 22.3 Å². The Hall–Kier alpha value is -1.97. The Labute approximate surface area is 187 Å². The second-order valence-electron chi connectivity index (χ2n) is 10.6. The molecule has 31 heavy (non-hydrogen) atoms. The molecule has 2 N–H and O–H groups in total. The minimum absolute atomic E-state index is 0.190. The van der Waals surface area contributed by atoms with E-state index in [0.29, 0.717) is 17.5 Å². The predicted molar refractivity (Wildman–Crippen MR) is 136 cm³/mol. The quantitative estimate of drug-likeness (QED) is 0.683. The lowest BCUT2D eigenvalue weighted by atomic mass is 9.92. The number of amides is 1. The molecule has 1 aliphatic heterocycles. The van der Waals surface area contributed by atoms with E-state index in [4.69, 9.17) is 10.5 Å². The SMILES string of the molecule is COc1c2cc(C(N)=O)c(-c3ccc(F)c4c3C=C(C)C4)c1[Si](C)(C)[Si](C)(C)[Si]2(C)C. The van der Waals surface area contributed by atoms with Crippen molar-refractivity contribution in [2.24, 2.45) is 5.73 Å². The van der Waals surface area contributed by atoms with E-state index in [2.05, 4.69) is 45.4 Å². The number of rotatable bonds is 3. The van der Waals surface area contributed by atoms with Crippen molar-refractivity contribution in [1.82, 2.24) is 0 Å². The molecule has 164 valence electrons. The highest BCUT2D eigenvalue weighted by molar-refractivity contribution is 7.74. The van der Waals surface area contributed by atoms with Crippen LogP contribution < -0.4 is 20.8 Å². The summed E-state index contributed by atoms with van der Waals surface area (Å²) in [6, 6.07) is 5.39. The summed E-state index contributed by atoms with van der Waals surface area (Å²) < 4.78 is 20.8. The molecule has 0 saturated carbocycles. The second-order valence-corrected chi connectivity index (χ2v) is 37.9. The van der Waals surface area contributed by atoms with Crippen molar-refractivity contribution in [3.8, 4) is 16.9 Å². The number of hydrogen-bond acceptors (Lipinski definition) is 2. The first-order chi connectivity index (χ1) is 14.3. The zero-order chi connectivity index (χ0) is 23.1. The van der Waals surface area contributed by atoms with Crippen LogP contribution in [0.15, 0.2) is 23.8 Å². The first kappa shape index (κ1) is 22.2. The Morgan fingerprint density at radius 2 is 1.74 bits per heavy atom. The van der Waals surface area contributed by atoms with E-state index in [1.165, 1.54) is 16.4 Å². The summed E-state index contributed by atoms with van der Waals surface area (Å²) in [4.78, 5) is 12.8. The fourth-order valence-electron chi connectivity index (χ4n) is 5.62. The lowest BCUT2D eigenvalue weighted by Crippen LogP contribution is -2.82. The Morgan fingerprint density at radius 1 is 1.10 bits per heavy atom. The molecule has 1 heterocycles. The number of fused-ring (bicyclic) bond motifs is 3. The largest absolute Gasteiger partial charge is 0.497 e. The number of primary amides is 1. The molecule has 7 heteroatoms. The molecule has 4 rings (SSSR count). The Balaban J connectivity index is 2.23. The van der Waals surface area contributed by atoms with Gasteiger partial charge in [-0.2, -0.15) is 0 Å². The van der Waals surface area contributed by atoms with Gasteiger partial charge in [-0.15, -0.1) is 0 Å². The van der Waals surface area contributed by atoms with Gasteiger partial charge in [-0.25, -0.2) is 4.39 Å². The van der Waals surface area contributed by atoms with Crippen LogP contribution in [-0.4, -0.2) is 35.3 Å². The van der Waals surface area contributed by atoms with Crippen LogP contribution in [-0.2, 0) is 6.42 Å². The molecule has 0 saturated heterocycles. The van der Waals surface area contributed by atoms with Crippen molar-refractivity contribution < 1.29 is 13.9 Å². The summed E-state index contributed by atoms with van der Waals surface area (Å²) in [6.07, 6.45) is 2.66. The van der Waals surface area contributed by atoms with Crippen LogP contribution in [0, 0.1) is 5.82 Å². The molecule has 0 atom stereocenters. The van der Waals surface area contributed by atoms with E-state index >= 15 is 0 Å². The van der Waals surface area contributed by atoms with Gasteiger partial charge in [-0.3, -0.25) is 4.79 Å². The molecule has 2 bridgehead atoms. The van der Waals surface area contributed by atoms with Crippen molar-refractivity contribution in [2.75, 3.05) is 7.11 Å². The van der Waals surface area contributed by atoms with Gasteiger partial charge in [-0.05, 0) is 58.1 Å². The highest BCUT2D eigenvalue weighted by Gasteiger charge is 2.60. The number of benzene rings is 2. The summed E-state index contributed by atoms with van der Waals surface area (Å²) >= 11 is 0. The van der Waals surface area contributed by atoms with Gasteiger partial charge in [0.2, 0.25) is 5.91 Å². The average Bonchev–Trinajstić information content (AvgIpc) is 3.07. The maximum absolute atomic E-state index is 14.7. The van der Waals surface area contributed by atoms with E-state index in [-0.39, 0.29) is 5.82 Å². The number of hydrogen-bond donors (Lipinski definition) is 1. The fraction of sp³-hybridized carbons (Fsp3) is 0.375. The van der Waals surface area contributed by atoms with Gasteiger partial charge in [0.25, 0.3) is 0 Å². The third-order valence-corrected chi connectivity index (χ3v) is 49.8. The van der Waals surface area contributed by atoms with Crippen LogP contribution in [0.5, 0.6) is 5.75 Å². The van der Waals surface area contributed by atoms with Gasteiger partial charge in [0.1, 0.15) is 11.6 Å². The fourth-order valence-corrected chi connectivity index (χ4v) is 37.9. The van der Waals surface area contributed by atoms with E-state index in [9.17, 15) is 9.18 Å². The van der Waals surface area contributed by atoms with Crippen molar-refractivity contribution in [2.45, 2.75) is 52.6 Å². The molecular formula is C24H32FNO2Si3. The lowest BCUT2D eigenvalue weighted by molar-refractivity contribution is 0.100. The zero-order valence-corrected chi connectivity index (χ0v) is 22.8. The maximum Gasteiger partial charge on any atom is 0.249 e. The lowest BCUT2D eigenvalue weighted by Gasteiger charge is -2.54. The van der Waals surface area contributed by atoms with E-state index < -0.39 is 28.2 Å². The van der Waals surface area contributed by atoms with Crippen molar-refractivity contribution >= 4 is 44.6 Å². The minimum Gasteiger partial charge on any atom is -0.497 e. The first-order valence-electron chi connectivity index (χ1n) is 10.8. The summed E-state index contributed by atoms with van der Waals surface area (Å²) in [5, 5.41) is 2.42. The highest BCUT2D eigenvalue weighted by atomic mass is 29.6. The highest BCUT2D eigenvalue weighted by Crippen LogP contribution is 2.43. The summed E-state index contributed by atoms with van der Waals surface area (Å²) in [5.74, 6) is 0.342. The molecule has 2 aromatic carbocycles. The minimum atomic E-state index is -2.02. The van der Waals surface area contributed by atoms with Crippen molar-refractivity contribution in [3.63, 3.8) is 0 Å². The van der Waals surface area contributed by atoms with E-state index in [0.717, 1.165) is 28.0 Å². The summed E-state index contributed by atoms with van der Waals surface area (Å²) in [5.41, 5.74) is 11.1. The molecule has 0 aromatic heterocycles. The molecule has 2 aliphatic rings. The molecular weight excluding hydrogens is 438 g/mol. The summed E-state index contributed by atoms with van der Waals surface area (Å²) in [6.45, 7) is 16.8. The maximum atomic E-state index is 14.7. The number of carbonyl (C=O) groups is 1. The topological polar surface area (TPSA) is 52.3 Å². The monoisotopic (exact) mass is 469 g/mol. The Kier molecular flexibility index (Phi) is 4.85. The van der Waals surface area contributed by atoms with Crippen LogP contribution in [0.3, 0.4) is 0 Å². The van der Waals surface area contributed by atoms with Gasteiger partial charge in [-0.1, -0.05) is 57.0 Å². The first-order valence-corrected chi connectivity index (χ1v) is 21.8. The number of allylic oxidation sites excluding steroid dienone is 1. The second kappa shape index (κ2) is 6.76. The van der Waals surface area contributed by atoms with Gasteiger partial charge >= 0.3 is 0 Å². The van der Waals surface area contributed by atoms with Crippen LogP contribution in [0.2, 0.25) is 39.3 Å². The molecule has 0 spiro atoms. The molecule has 2 aromatic rings. The van der Waals surface area contributed by atoms with E-state index in [1.807, 2.05) is 19.1 Å². The molecule has 0 radical (unpaired) electrons. The molecule has 0 unspecified atom stereocenters.